The third-order valence-corrected chi connectivity index (χ3v) is 6.61. The molecule has 1 aromatic carbocycles. The first-order chi connectivity index (χ1) is 14.1. The lowest BCUT2D eigenvalue weighted by atomic mass is 9.91. The molecule has 3 atom stereocenters. The lowest BCUT2D eigenvalue weighted by molar-refractivity contribution is -0.133. The van der Waals surface area contributed by atoms with Gasteiger partial charge in [-0.2, -0.15) is 30.7 Å². The zero-order valence-corrected chi connectivity index (χ0v) is 19.3. The molecule has 0 aliphatic carbocycles. The highest BCUT2D eigenvalue weighted by atomic mass is 79.9. The topological polar surface area (TPSA) is 29.5 Å². The van der Waals surface area contributed by atoms with Crippen LogP contribution in [0.4, 0.5) is 30.7 Å². The Labute approximate surface area is 190 Å². The van der Waals surface area contributed by atoms with Crippen molar-refractivity contribution < 1.29 is 39.7 Å². The number of hydrogen-bond acceptors (Lipinski definition) is 2. The van der Waals surface area contributed by atoms with Gasteiger partial charge in [0.1, 0.15) is 11.9 Å². The Bertz CT molecular complexity index is 828. The Morgan fingerprint density at radius 3 is 2.16 bits per heavy atom. The summed E-state index contributed by atoms with van der Waals surface area (Å²) >= 11 is 7.57. The largest absolute Gasteiger partial charge is 0.431 e. The smallest absolute Gasteiger partial charge is 0.357 e. The Morgan fingerprint density at radius 2 is 1.71 bits per heavy atom. The highest BCUT2D eigenvalue weighted by Crippen LogP contribution is 2.47. The van der Waals surface area contributed by atoms with Crippen LogP contribution in [0.5, 0.6) is 0 Å². The summed E-state index contributed by atoms with van der Waals surface area (Å²) in [7, 11) is -4.19. The Balaban J connectivity index is 2.60. The van der Waals surface area contributed by atoms with Gasteiger partial charge in [0.25, 0.3) is 0 Å². The minimum absolute atomic E-state index is 0.181. The van der Waals surface area contributed by atoms with Crippen LogP contribution >= 0.6 is 27.5 Å². The maximum Gasteiger partial charge on any atom is 0.431 e. The molecule has 13 heteroatoms. The lowest BCUT2D eigenvalue weighted by Crippen LogP contribution is -2.54. The van der Waals surface area contributed by atoms with Crippen molar-refractivity contribution in [3.63, 3.8) is 0 Å². The average molecular weight is 561 g/mol. The molecular formula is C18H18BrClF7NO2S. The zero-order valence-electron chi connectivity index (χ0n) is 16.1. The minimum atomic E-state index is -5.48. The number of rotatable bonds is 7. The van der Waals surface area contributed by atoms with E-state index in [4.69, 9.17) is 4.74 Å². The molecule has 1 aliphatic heterocycles. The SMILES string of the molecule is CC(C)CO[C@H]1C[C@@H](c2ccc(Br)cc2)C=C(C(F)(F)F)N1[S@@](=O)C(F)(F)C(F)(F)Cl. The molecule has 0 amide bonds. The van der Waals surface area contributed by atoms with Crippen LogP contribution in [-0.4, -0.2) is 38.2 Å². The second kappa shape index (κ2) is 9.56. The third kappa shape index (κ3) is 6.14. The van der Waals surface area contributed by atoms with Crippen molar-refractivity contribution in [3.8, 4) is 0 Å². The molecule has 1 aromatic rings. The van der Waals surface area contributed by atoms with E-state index < -0.39 is 45.6 Å². The van der Waals surface area contributed by atoms with Gasteiger partial charge in [-0.3, -0.25) is 4.31 Å². The fourth-order valence-electron chi connectivity index (χ4n) is 2.82. The van der Waals surface area contributed by atoms with Gasteiger partial charge < -0.3 is 4.74 Å². The van der Waals surface area contributed by atoms with E-state index in [-0.39, 0.29) is 23.3 Å². The summed E-state index contributed by atoms with van der Waals surface area (Å²) in [6.45, 7) is 3.12. The van der Waals surface area contributed by atoms with Gasteiger partial charge in [0.15, 0.2) is 0 Å². The van der Waals surface area contributed by atoms with Crippen LogP contribution in [0.1, 0.15) is 31.7 Å². The second-order valence-electron chi connectivity index (χ2n) is 7.21. The first-order valence-corrected chi connectivity index (χ1v) is 11.1. The van der Waals surface area contributed by atoms with Crippen molar-refractivity contribution >= 4 is 38.5 Å². The Morgan fingerprint density at radius 1 is 1.16 bits per heavy atom. The maximum atomic E-state index is 14.0. The molecule has 0 fully saturated rings. The van der Waals surface area contributed by atoms with Gasteiger partial charge in [-0.05, 0) is 41.3 Å². The van der Waals surface area contributed by atoms with Crippen molar-refractivity contribution in [2.24, 2.45) is 5.92 Å². The second-order valence-corrected chi connectivity index (χ2v) is 10.0. The summed E-state index contributed by atoms with van der Waals surface area (Å²) < 4.78 is 114. The lowest BCUT2D eigenvalue weighted by Gasteiger charge is -2.41. The fraction of sp³-hybridized carbons (Fsp3) is 0.556. The van der Waals surface area contributed by atoms with Crippen LogP contribution in [0, 0.1) is 5.92 Å². The van der Waals surface area contributed by atoms with E-state index in [0.717, 1.165) is 0 Å². The number of ether oxygens (including phenoxy) is 1. The summed E-state index contributed by atoms with van der Waals surface area (Å²) in [6, 6.07) is 6.19. The normalized spacial score (nSPS) is 21.9. The van der Waals surface area contributed by atoms with Crippen molar-refractivity contribution in [1.29, 1.82) is 0 Å². The number of hydrogen-bond donors (Lipinski definition) is 0. The highest BCUT2D eigenvalue weighted by molar-refractivity contribution is 9.10. The molecule has 0 radical (unpaired) electrons. The monoisotopic (exact) mass is 559 g/mol. The molecule has 3 nitrogen and oxygen atoms in total. The van der Waals surface area contributed by atoms with Gasteiger partial charge >= 0.3 is 16.8 Å². The predicted octanol–water partition coefficient (Wildman–Crippen LogP) is 6.77. The number of alkyl halides is 8. The van der Waals surface area contributed by atoms with Gasteiger partial charge in [0, 0.05) is 16.8 Å². The van der Waals surface area contributed by atoms with Gasteiger partial charge in [-0.1, -0.05) is 41.9 Å². The molecule has 31 heavy (non-hydrogen) atoms. The van der Waals surface area contributed by atoms with Gasteiger partial charge in [0.05, 0.1) is 6.61 Å². The Kier molecular flexibility index (Phi) is 8.14. The van der Waals surface area contributed by atoms with Crippen LogP contribution in [0.2, 0.25) is 0 Å². The van der Waals surface area contributed by atoms with E-state index in [1.807, 2.05) is 0 Å². The highest BCUT2D eigenvalue weighted by Gasteiger charge is 2.64. The molecule has 0 bridgehead atoms. The van der Waals surface area contributed by atoms with Crippen LogP contribution in [0.15, 0.2) is 40.5 Å². The van der Waals surface area contributed by atoms with E-state index in [9.17, 15) is 34.9 Å². The van der Waals surface area contributed by atoms with Crippen molar-refractivity contribution in [2.75, 3.05) is 6.61 Å². The maximum absolute atomic E-state index is 14.0. The van der Waals surface area contributed by atoms with E-state index >= 15 is 0 Å². The third-order valence-electron chi connectivity index (χ3n) is 4.25. The molecule has 1 heterocycles. The first kappa shape index (κ1) is 26.4. The van der Waals surface area contributed by atoms with Crippen LogP contribution < -0.4 is 0 Å². The zero-order chi connectivity index (χ0) is 23.8. The average Bonchev–Trinajstić information content (AvgIpc) is 2.64. The van der Waals surface area contributed by atoms with E-state index in [1.165, 1.54) is 12.1 Å². The molecule has 1 aliphatic rings. The quantitative estimate of drug-likeness (QED) is 0.272. The standard InChI is InChI=1S/C18H18BrClF7NO2S/c1-10(2)9-30-15-8-12(11-3-5-13(19)6-4-11)7-14(16(21,22)23)28(15)31(29)18(26,27)17(20,24)25/h3-7,10,12,15H,8-9H2,1-2H3/t12-,15-,31-/m0/s1. The molecule has 0 saturated carbocycles. The predicted molar refractivity (Wildman–Crippen MR) is 106 cm³/mol. The minimum Gasteiger partial charge on any atom is -0.357 e. The molecule has 0 spiro atoms. The summed E-state index contributed by atoms with van der Waals surface area (Å²) in [4.78, 5) is 0. The number of benzene rings is 1. The molecule has 0 saturated heterocycles. The number of allylic oxidation sites excluding steroid dienone is 2. The molecule has 2 rings (SSSR count). The van der Waals surface area contributed by atoms with Crippen molar-refractivity contribution in [2.45, 2.75) is 49.2 Å². The van der Waals surface area contributed by atoms with Gasteiger partial charge in [-0.15, -0.1) is 0 Å². The van der Waals surface area contributed by atoms with Crippen molar-refractivity contribution in [3.05, 3.63) is 46.1 Å². The Hall–Kier alpha value is -0.850. The number of halogens is 9. The van der Waals surface area contributed by atoms with E-state index in [0.29, 0.717) is 16.1 Å². The van der Waals surface area contributed by atoms with Crippen LogP contribution in [0.25, 0.3) is 0 Å². The molecule has 176 valence electrons. The van der Waals surface area contributed by atoms with E-state index in [2.05, 4.69) is 27.5 Å². The molecule has 0 N–H and O–H groups in total. The molecular weight excluding hydrogens is 543 g/mol. The summed E-state index contributed by atoms with van der Waals surface area (Å²) in [6.07, 6.45) is -6.84. The van der Waals surface area contributed by atoms with Gasteiger partial charge in [0.2, 0.25) is 11.0 Å². The summed E-state index contributed by atoms with van der Waals surface area (Å²) in [5.41, 5.74) is -1.36. The van der Waals surface area contributed by atoms with Gasteiger partial charge in [-0.25, -0.2) is 4.21 Å². The summed E-state index contributed by atoms with van der Waals surface area (Å²) in [5, 5.41) is -10.8. The van der Waals surface area contributed by atoms with Crippen molar-refractivity contribution in [1.82, 2.24) is 4.31 Å². The van der Waals surface area contributed by atoms with Crippen LogP contribution in [0.3, 0.4) is 0 Å². The first-order valence-electron chi connectivity index (χ1n) is 8.87. The van der Waals surface area contributed by atoms with E-state index in [1.54, 1.807) is 26.0 Å². The molecule has 0 aromatic heterocycles. The van der Waals surface area contributed by atoms with Crippen LogP contribution in [-0.2, 0) is 15.7 Å². The fourth-order valence-corrected chi connectivity index (χ4v) is 4.43. The number of nitrogens with zero attached hydrogens (tertiary/aromatic N) is 1. The molecule has 0 unspecified atom stereocenters. The summed E-state index contributed by atoms with van der Waals surface area (Å²) in [5.74, 6) is -1.18.